The summed E-state index contributed by atoms with van der Waals surface area (Å²) in [6.07, 6.45) is 6.73. The van der Waals surface area contributed by atoms with Gasteiger partial charge < -0.3 is 30.2 Å². The van der Waals surface area contributed by atoms with E-state index in [0.29, 0.717) is 31.6 Å². The summed E-state index contributed by atoms with van der Waals surface area (Å²) < 4.78 is 19.1. The molecular formula is C39H47NO7. The molecule has 0 amide bonds. The van der Waals surface area contributed by atoms with Crippen LogP contribution in [0.25, 0.3) is 0 Å². The molecule has 1 saturated heterocycles. The molecule has 4 aliphatic carbocycles. The number of benzene rings is 2. The maximum Gasteiger partial charge on any atom is 0.193 e. The fraction of sp³-hybridized carbons (Fsp3) is 0.538. The van der Waals surface area contributed by atoms with Crippen molar-refractivity contribution >= 4 is 17.3 Å². The third kappa shape index (κ3) is 5.15. The lowest BCUT2D eigenvalue weighted by atomic mass is 9.46. The molecule has 2 aromatic carbocycles. The number of hydrogen-bond donors (Lipinski definition) is 3. The number of nitrogen functional groups attached to an aromatic ring is 1. The van der Waals surface area contributed by atoms with Crippen molar-refractivity contribution in [1.29, 1.82) is 0 Å². The third-order valence-corrected chi connectivity index (χ3v) is 12.1. The van der Waals surface area contributed by atoms with E-state index < -0.39 is 41.5 Å². The van der Waals surface area contributed by atoms with Gasteiger partial charge in [-0.05, 0) is 98.8 Å². The van der Waals surface area contributed by atoms with Crippen molar-refractivity contribution in [2.45, 2.75) is 96.6 Å². The maximum absolute atomic E-state index is 13.8. The van der Waals surface area contributed by atoms with E-state index in [1.807, 2.05) is 56.3 Å². The number of allylic oxidation sites excluding steroid dienone is 4. The van der Waals surface area contributed by atoms with Gasteiger partial charge in [-0.1, -0.05) is 55.8 Å². The Bertz CT molecular complexity index is 1630. The molecule has 0 spiro atoms. The number of aliphatic hydroxyl groups excluding tert-OH is 2. The van der Waals surface area contributed by atoms with Crippen LogP contribution in [0.3, 0.4) is 0 Å². The number of aliphatic hydroxyl groups is 2. The SMILES string of the molecule is CC(C)OCc1cc(N)cc(Cc2ccc([C@@H]3O[C@@H]4C[C@H]5[C@@H]6CCC7=CC(=O)C=C[C@]7(C)[C@H]6[C@@H](O)C[C@]5(C)[C@]4(C(=O)CO)O3)cc2)c1. The Kier molecular flexibility index (Phi) is 8.12. The Hall–Kier alpha value is -3.14. The van der Waals surface area contributed by atoms with Gasteiger partial charge in [0.15, 0.2) is 23.5 Å². The Morgan fingerprint density at radius 3 is 2.57 bits per heavy atom. The largest absolute Gasteiger partial charge is 0.399 e. The molecule has 7 rings (SSSR count). The molecule has 2 aromatic rings. The number of rotatable bonds is 8. The Morgan fingerprint density at radius 1 is 1.11 bits per heavy atom. The molecule has 8 nitrogen and oxygen atoms in total. The molecule has 4 N–H and O–H groups in total. The van der Waals surface area contributed by atoms with Gasteiger partial charge in [-0.2, -0.15) is 0 Å². The number of fused-ring (bicyclic) bond motifs is 7. The van der Waals surface area contributed by atoms with Crippen LogP contribution in [0, 0.1) is 28.6 Å². The fourth-order valence-corrected chi connectivity index (χ4v) is 10.1. The average Bonchev–Trinajstić information content (AvgIpc) is 3.53. The number of ketones is 2. The maximum atomic E-state index is 13.8. The molecule has 8 heteroatoms. The van der Waals surface area contributed by atoms with Crippen molar-refractivity contribution in [2.75, 3.05) is 12.3 Å². The first kappa shape index (κ1) is 32.4. The highest BCUT2D eigenvalue weighted by atomic mass is 16.7. The first-order valence-corrected chi connectivity index (χ1v) is 17.1. The smallest absolute Gasteiger partial charge is 0.193 e. The molecule has 3 saturated carbocycles. The number of Topliss-reactive ketones (excluding diaryl/α,β-unsaturated/α-hetero) is 1. The molecule has 1 heterocycles. The zero-order valence-electron chi connectivity index (χ0n) is 27.8. The minimum absolute atomic E-state index is 0.000865. The van der Waals surface area contributed by atoms with Crippen LogP contribution in [-0.2, 0) is 36.8 Å². The van der Waals surface area contributed by atoms with E-state index in [9.17, 15) is 19.8 Å². The van der Waals surface area contributed by atoms with Crippen molar-refractivity contribution in [2.24, 2.45) is 28.6 Å². The van der Waals surface area contributed by atoms with Crippen LogP contribution in [0.4, 0.5) is 5.69 Å². The van der Waals surface area contributed by atoms with Crippen molar-refractivity contribution < 1.29 is 34.0 Å². The molecule has 0 bridgehead atoms. The van der Waals surface area contributed by atoms with Crippen LogP contribution in [0.2, 0.25) is 0 Å². The van der Waals surface area contributed by atoms with E-state index in [1.165, 1.54) is 0 Å². The molecule has 5 aliphatic rings. The van der Waals surface area contributed by atoms with Crippen molar-refractivity contribution in [3.8, 4) is 0 Å². The summed E-state index contributed by atoms with van der Waals surface area (Å²) in [7, 11) is 0. The minimum atomic E-state index is -1.37. The van der Waals surface area contributed by atoms with E-state index in [4.69, 9.17) is 19.9 Å². The average molecular weight is 642 g/mol. The van der Waals surface area contributed by atoms with Crippen molar-refractivity contribution in [3.63, 3.8) is 0 Å². The summed E-state index contributed by atoms with van der Waals surface area (Å²) in [5, 5.41) is 22.1. The van der Waals surface area contributed by atoms with Crippen LogP contribution in [0.15, 0.2) is 66.3 Å². The van der Waals surface area contributed by atoms with Gasteiger partial charge in [0.25, 0.3) is 0 Å². The molecule has 0 unspecified atom stereocenters. The monoisotopic (exact) mass is 641 g/mol. The second kappa shape index (κ2) is 11.8. The summed E-state index contributed by atoms with van der Waals surface area (Å²) in [6, 6.07) is 14.1. The molecule has 1 aliphatic heterocycles. The van der Waals surface area contributed by atoms with E-state index in [1.54, 1.807) is 12.2 Å². The lowest BCUT2D eigenvalue weighted by Crippen LogP contribution is -2.63. The molecule has 47 heavy (non-hydrogen) atoms. The zero-order valence-corrected chi connectivity index (χ0v) is 27.8. The molecule has 9 atom stereocenters. The quantitative estimate of drug-likeness (QED) is 0.328. The van der Waals surface area contributed by atoms with E-state index in [0.717, 1.165) is 40.7 Å². The minimum Gasteiger partial charge on any atom is -0.399 e. The lowest BCUT2D eigenvalue weighted by molar-refractivity contribution is -0.201. The van der Waals surface area contributed by atoms with Gasteiger partial charge in [0.1, 0.15) is 6.61 Å². The number of nitrogens with two attached hydrogens (primary N) is 1. The lowest BCUT2D eigenvalue weighted by Gasteiger charge is -2.59. The number of hydrogen-bond acceptors (Lipinski definition) is 8. The summed E-state index contributed by atoms with van der Waals surface area (Å²) >= 11 is 0. The van der Waals surface area contributed by atoms with Crippen LogP contribution < -0.4 is 5.73 Å². The predicted molar refractivity (Wildman–Crippen MR) is 177 cm³/mol. The van der Waals surface area contributed by atoms with E-state index >= 15 is 0 Å². The fourth-order valence-electron chi connectivity index (χ4n) is 10.1. The molecule has 0 radical (unpaired) electrons. The van der Waals surface area contributed by atoms with Gasteiger partial charge in [0.05, 0.1) is 24.9 Å². The summed E-state index contributed by atoms with van der Waals surface area (Å²) in [5.41, 5.74) is 9.51. The number of anilines is 1. The van der Waals surface area contributed by atoms with Crippen LogP contribution in [0.5, 0.6) is 0 Å². The summed E-state index contributed by atoms with van der Waals surface area (Å²) in [4.78, 5) is 26.0. The Morgan fingerprint density at radius 2 is 1.85 bits per heavy atom. The molecule has 250 valence electrons. The number of carbonyl (C=O) groups excluding carboxylic acids is 2. The van der Waals surface area contributed by atoms with E-state index in [2.05, 4.69) is 19.9 Å². The van der Waals surface area contributed by atoms with Gasteiger partial charge in [-0.15, -0.1) is 0 Å². The number of carbonyl (C=O) groups is 2. The third-order valence-electron chi connectivity index (χ3n) is 12.1. The Balaban J connectivity index is 1.12. The van der Waals surface area contributed by atoms with Crippen LogP contribution >= 0.6 is 0 Å². The normalized spacial score (nSPS) is 37.3. The van der Waals surface area contributed by atoms with Gasteiger partial charge in [-0.3, -0.25) is 9.59 Å². The van der Waals surface area contributed by atoms with E-state index in [-0.39, 0.29) is 35.4 Å². The Labute approximate surface area is 277 Å². The highest BCUT2D eigenvalue weighted by Crippen LogP contribution is 2.70. The summed E-state index contributed by atoms with van der Waals surface area (Å²) in [6.45, 7) is 8.06. The predicted octanol–water partition coefficient (Wildman–Crippen LogP) is 5.39. The van der Waals surface area contributed by atoms with Gasteiger partial charge >= 0.3 is 0 Å². The zero-order chi connectivity index (χ0) is 33.3. The topological polar surface area (TPSA) is 128 Å². The molecule has 4 fully saturated rings. The highest BCUT2D eigenvalue weighted by Gasteiger charge is 2.75. The van der Waals surface area contributed by atoms with Crippen LogP contribution in [-0.4, -0.2) is 52.3 Å². The highest BCUT2D eigenvalue weighted by molar-refractivity contribution is 6.01. The standard InChI is InChI=1S/C39H47NO7/c1-22(2)45-21-25-14-24(15-28(40)16-25)13-23-5-7-26(8-6-23)36-46-34-18-31-30-10-9-27-17-29(42)11-12-37(27,3)35(30)32(43)19-38(31,4)39(34,47-36)33(44)20-41/h5-8,11-12,14-17,22,30-32,34-36,41,43H,9-10,13,18-21,40H2,1-4H3/t30-,31-,32-,34+,35+,36+,37-,38-,39+/m0/s1. The molecular weight excluding hydrogens is 594 g/mol. The summed E-state index contributed by atoms with van der Waals surface area (Å²) in [5.74, 6) is -0.291. The van der Waals surface area contributed by atoms with Crippen molar-refractivity contribution in [1.82, 2.24) is 0 Å². The molecule has 0 aromatic heterocycles. The van der Waals surface area contributed by atoms with Gasteiger partial charge in [-0.25, -0.2) is 0 Å². The van der Waals surface area contributed by atoms with Crippen molar-refractivity contribution in [3.05, 3.63) is 88.5 Å². The second-order valence-corrected chi connectivity index (χ2v) is 15.2. The number of ether oxygens (including phenoxy) is 3. The first-order chi connectivity index (χ1) is 22.4. The second-order valence-electron chi connectivity index (χ2n) is 15.2. The first-order valence-electron chi connectivity index (χ1n) is 17.1. The van der Waals surface area contributed by atoms with Gasteiger partial charge in [0, 0.05) is 28.0 Å². The van der Waals surface area contributed by atoms with Gasteiger partial charge in [0.2, 0.25) is 0 Å². The van der Waals surface area contributed by atoms with Crippen LogP contribution in [0.1, 0.15) is 81.9 Å².